The molecule has 0 aliphatic carbocycles. The lowest BCUT2D eigenvalue weighted by Crippen LogP contribution is -2.15. The summed E-state index contributed by atoms with van der Waals surface area (Å²) in [7, 11) is 0. The van der Waals surface area contributed by atoms with E-state index in [1.807, 2.05) is 48.5 Å². The van der Waals surface area contributed by atoms with E-state index in [0.29, 0.717) is 29.9 Å². The number of hydrogen-bond acceptors (Lipinski definition) is 6. The lowest BCUT2D eigenvalue weighted by molar-refractivity contribution is 0.171. The van der Waals surface area contributed by atoms with Gasteiger partial charge in [0, 0.05) is 28.5 Å². The zero-order valence-corrected chi connectivity index (χ0v) is 14.0. The molecule has 0 radical (unpaired) electrons. The first-order chi connectivity index (χ1) is 12.3. The lowest BCUT2D eigenvalue weighted by atomic mass is 10.2. The maximum absolute atomic E-state index is 6.00. The average molecular weight is 355 g/mol. The minimum absolute atomic E-state index is 0.553. The smallest absolute Gasteiger partial charge is 0.163 e. The second-order valence-corrected chi connectivity index (χ2v) is 5.84. The first-order valence-corrected chi connectivity index (χ1v) is 8.15. The molecule has 0 amide bonds. The van der Waals surface area contributed by atoms with Gasteiger partial charge < -0.3 is 20.1 Å². The number of nitrogens with zero attached hydrogens (tertiary/aromatic N) is 2. The van der Waals surface area contributed by atoms with Crippen molar-refractivity contribution in [2.75, 3.05) is 23.8 Å². The first-order valence-electron chi connectivity index (χ1n) is 7.77. The Bertz CT molecular complexity index is 904. The average Bonchev–Trinajstić information content (AvgIpc) is 2.62. The van der Waals surface area contributed by atoms with Gasteiger partial charge in [0.2, 0.25) is 0 Å². The van der Waals surface area contributed by atoms with Gasteiger partial charge in [-0.3, -0.25) is 0 Å². The van der Waals surface area contributed by atoms with Crippen molar-refractivity contribution in [3.63, 3.8) is 0 Å². The molecule has 0 unspecified atom stereocenters. The van der Waals surface area contributed by atoms with Crippen LogP contribution in [0, 0.1) is 0 Å². The van der Waals surface area contributed by atoms with Crippen molar-refractivity contribution in [3.8, 4) is 11.5 Å². The minimum atomic E-state index is 0.553. The van der Waals surface area contributed by atoms with Crippen molar-refractivity contribution >= 4 is 34.6 Å². The summed E-state index contributed by atoms with van der Waals surface area (Å²) in [5.74, 6) is 2.80. The van der Waals surface area contributed by atoms with Crippen LogP contribution in [0.1, 0.15) is 0 Å². The van der Waals surface area contributed by atoms with E-state index in [1.54, 1.807) is 0 Å². The van der Waals surface area contributed by atoms with Crippen molar-refractivity contribution in [2.45, 2.75) is 0 Å². The second kappa shape index (κ2) is 6.86. The van der Waals surface area contributed by atoms with Gasteiger partial charge >= 0.3 is 0 Å². The van der Waals surface area contributed by atoms with E-state index in [9.17, 15) is 0 Å². The summed E-state index contributed by atoms with van der Waals surface area (Å²) in [5, 5.41) is 7.10. The van der Waals surface area contributed by atoms with Gasteiger partial charge in [-0.25, -0.2) is 9.97 Å². The van der Waals surface area contributed by atoms with E-state index >= 15 is 0 Å². The molecule has 0 saturated carbocycles. The Morgan fingerprint density at radius 1 is 0.800 bits per heavy atom. The Morgan fingerprint density at radius 2 is 1.52 bits per heavy atom. The normalized spacial score (nSPS) is 12.5. The predicted octanol–water partition coefficient (Wildman–Crippen LogP) is 4.39. The molecule has 0 spiro atoms. The Balaban J connectivity index is 1.51. The minimum Gasteiger partial charge on any atom is -0.486 e. The summed E-state index contributed by atoms with van der Waals surface area (Å²) in [4.78, 5) is 8.47. The van der Waals surface area contributed by atoms with Gasteiger partial charge in [-0.05, 0) is 30.3 Å². The Kier molecular flexibility index (Phi) is 4.26. The number of benzene rings is 2. The second-order valence-electron chi connectivity index (χ2n) is 5.41. The molecule has 25 heavy (non-hydrogen) atoms. The highest BCUT2D eigenvalue weighted by molar-refractivity contribution is 6.30. The number of hydrogen-bond donors (Lipinski definition) is 2. The molecule has 126 valence electrons. The lowest BCUT2D eigenvalue weighted by Gasteiger charge is -2.19. The van der Waals surface area contributed by atoms with Crippen LogP contribution in [0.2, 0.25) is 5.02 Å². The Hall–Kier alpha value is -2.99. The van der Waals surface area contributed by atoms with Crippen molar-refractivity contribution in [1.82, 2.24) is 9.97 Å². The van der Waals surface area contributed by atoms with E-state index < -0.39 is 0 Å². The molecule has 1 aromatic heterocycles. The van der Waals surface area contributed by atoms with Crippen molar-refractivity contribution < 1.29 is 9.47 Å². The molecular weight excluding hydrogens is 340 g/mol. The topological polar surface area (TPSA) is 68.3 Å². The number of rotatable bonds is 4. The number of anilines is 4. The molecule has 4 rings (SSSR count). The molecular formula is C18H15ClN4O2. The standard InChI is InChI=1S/C18H15ClN4O2/c19-12-2-1-3-13(8-12)22-17-10-18(21-11-20-17)23-14-4-5-15-16(9-14)25-7-6-24-15/h1-5,8-11H,6-7H2,(H2,20,21,22,23). The summed E-state index contributed by atoms with van der Waals surface area (Å²) < 4.78 is 11.1. The van der Waals surface area contributed by atoms with Crippen LogP contribution < -0.4 is 20.1 Å². The molecule has 0 bridgehead atoms. The zero-order chi connectivity index (χ0) is 17.1. The molecule has 2 heterocycles. The molecule has 7 heteroatoms. The number of fused-ring (bicyclic) bond motifs is 1. The maximum atomic E-state index is 6.00. The number of ether oxygens (including phenoxy) is 2. The van der Waals surface area contributed by atoms with Crippen LogP contribution in [0.4, 0.5) is 23.0 Å². The van der Waals surface area contributed by atoms with Gasteiger partial charge in [0.1, 0.15) is 31.2 Å². The third-order valence-electron chi connectivity index (χ3n) is 3.58. The summed E-state index contributed by atoms with van der Waals surface area (Å²) in [6.45, 7) is 1.13. The molecule has 3 aromatic rings. The molecule has 2 aromatic carbocycles. The van der Waals surface area contributed by atoms with E-state index in [4.69, 9.17) is 21.1 Å². The van der Waals surface area contributed by atoms with Crippen molar-refractivity contribution in [3.05, 3.63) is 59.9 Å². The molecule has 1 aliphatic heterocycles. The molecule has 0 fully saturated rings. The van der Waals surface area contributed by atoms with E-state index in [0.717, 1.165) is 22.9 Å². The highest BCUT2D eigenvalue weighted by Crippen LogP contribution is 2.33. The third-order valence-corrected chi connectivity index (χ3v) is 3.81. The summed E-state index contributed by atoms with van der Waals surface area (Å²) in [6, 6.07) is 14.9. The van der Waals surface area contributed by atoms with Gasteiger partial charge in [0.25, 0.3) is 0 Å². The fourth-order valence-corrected chi connectivity index (χ4v) is 2.67. The maximum Gasteiger partial charge on any atom is 0.163 e. The Labute approximate surface area is 149 Å². The SMILES string of the molecule is Clc1cccc(Nc2cc(Nc3ccc4c(c3)OCCO4)ncn2)c1. The van der Waals surface area contributed by atoms with E-state index in [-0.39, 0.29) is 0 Å². The van der Waals surface area contributed by atoms with Gasteiger partial charge in [-0.15, -0.1) is 0 Å². The van der Waals surface area contributed by atoms with Crippen LogP contribution >= 0.6 is 11.6 Å². The summed E-state index contributed by atoms with van der Waals surface area (Å²) in [6.07, 6.45) is 1.49. The zero-order valence-electron chi connectivity index (χ0n) is 13.2. The van der Waals surface area contributed by atoms with Crippen molar-refractivity contribution in [2.24, 2.45) is 0 Å². The van der Waals surface area contributed by atoms with Gasteiger partial charge in [-0.2, -0.15) is 0 Å². The molecule has 1 aliphatic rings. The fourth-order valence-electron chi connectivity index (χ4n) is 2.48. The van der Waals surface area contributed by atoms with Crippen LogP contribution in [0.15, 0.2) is 54.9 Å². The fraction of sp³-hybridized carbons (Fsp3) is 0.111. The van der Waals surface area contributed by atoms with Gasteiger partial charge in [0.15, 0.2) is 11.5 Å². The quantitative estimate of drug-likeness (QED) is 0.724. The summed E-state index contributed by atoms with van der Waals surface area (Å²) >= 11 is 6.00. The van der Waals surface area contributed by atoms with Crippen LogP contribution in [-0.2, 0) is 0 Å². The number of nitrogens with one attached hydrogen (secondary N) is 2. The highest BCUT2D eigenvalue weighted by Gasteiger charge is 2.12. The Morgan fingerprint density at radius 3 is 2.28 bits per heavy atom. The monoisotopic (exact) mass is 354 g/mol. The van der Waals surface area contributed by atoms with Gasteiger partial charge in [0.05, 0.1) is 0 Å². The van der Waals surface area contributed by atoms with Gasteiger partial charge in [-0.1, -0.05) is 17.7 Å². The van der Waals surface area contributed by atoms with E-state index in [2.05, 4.69) is 20.6 Å². The molecule has 0 saturated heterocycles. The predicted molar refractivity (Wildman–Crippen MR) is 97.5 cm³/mol. The first kappa shape index (κ1) is 15.5. The van der Waals surface area contributed by atoms with E-state index in [1.165, 1.54) is 6.33 Å². The third kappa shape index (κ3) is 3.75. The summed E-state index contributed by atoms with van der Waals surface area (Å²) in [5.41, 5.74) is 1.72. The highest BCUT2D eigenvalue weighted by atomic mass is 35.5. The number of aromatic nitrogens is 2. The number of halogens is 1. The van der Waals surface area contributed by atoms with Crippen LogP contribution in [0.3, 0.4) is 0 Å². The largest absolute Gasteiger partial charge is 0.486 e. The van der Waals surface area contributed by atoms with Crippen molar-refractivity contribution in [1.29, 1.82) is 0 Å². The molecule has 2 N–H and O–H groups in total. The molecule has 0 atom stereocenters. The van der Waals surface area contributed by atoms with Crippen LogP contribution in [0.25, 0.3) is 0 Å². The van der Waals surface area contributed by atoms with Crippen LogP contribution in [0.5, 0.6) is 11.5 Å². The van der Waals surface area contributed by atoms with Crippen LogP contribution in [-0.4, -0.2) is 23.2 Å². The molecule has 6 nitrogen and oxygen atoms in total.